The molecular formula is C6H10BF4. The lowest BCUT2D eigenvalue weighted by Gasteiger charge is -1.69. The molecule has 0 aromatic heterocycles. The zero-order valence-corrected chi connectivity index (χ0v) is 5.67. The van der Waals surface area contributed by atoms with E-state index in [1.54, 1.807) is 0 Å². The minimum Gasteiger partial charge on any atom is -0.269 e. The van der Waals surface area contributed by atoms with Gasteiger partial charge >= 0.3 is 0 Å². The average Bonchev–Trinajstić information content (AvgIpc) is 1.72. The van der Waals surface area contributed by atoms with E-state index < -0.39 is 0 Å². The van der Waals surface area contributed by atoms with Crippen LogP contribution in [0.4, 0.5) is 18.8 Å². The standard InChI is InChI=1S/C6H6.B.4FH/c1-2-4-6-5-3-1;;;;;/h1-6H;;4*1H. The van der Waals surface area contributed by atoms with Crippen LogP contribution in [0.3, 0.4) is 0 Å². The minimum absolute atomic E-state index is 0. The molecule has 1 rings (SSSR count). The van der Waals surface area contributed by atoms with Crippen LogP contribution in [0.1, 0.15) is 0 Å². The fourth-order valence-corrected chi connectivity index (χ4v) is 0.385. The molecule has 0 bridgehead atoms. The summed E-state index contributed by atoms with van der Waals surface area (Å²) in [7, 11) is 0. The molecular weight excluding hydrogens is 159 g/mol. The van der Waals surface area contributed by atoms with Crippen LogP contribution in [-0.4, -0.2) is 8.41 Å². The van der Waals surface area contributed by atoms with E-state index in [2.05, 4.69) is 0 Å². The maximum Gasteiger partial charge on any atom is 0 e. The molecule has 5 heteroatoms. The van der Waals surface area contributed by atoms with Crippen molar-refractivity contribution < 1.29 is 18.8 Å². The van der Waals surface area contributed by atoms with Crippen LogP contribution in [0.15, 0.2) is 36.4 Å². The van der Waals surface area contributed by atoms with Crippen LogP contribution in [0, 0.1) is 0 Å². The van der Waals surface area contributed by atoms with E-state index in [0.29, 0.717) is 0 Å². The van der Waals surface area contributed by atoms with Crippen molar-refractivity contribution in [3.05, 3.63) is 36.4 Å². The summed E-state index contributed by atoms with van der Waals surface area (Å²) in [6.07, 6.45) is 0. The zero-order valence-electron chi connectivity index (χ0n) is 5.67. The fraction of sp³-hybridized carbons (Fsp3) is 0. The van der Waals surface area contributed by atoms with Crippen molar-refractivity contribution in [1.82, 2.24) is 0 Å². The van der Waals surface area contributed by atoms with E-state index in [4.69, 9.17) is 0 Å². The summed E-state index contributed by atoms with van der Waals surface area (Å²) in [6, 6.07) is 12.0. The molecule has 0 saturated carbocycles. The molecule has 0 aliphatic heterocycles. The van der Waals surface area contributed by atoms with E-state index in [-0.39, 0.29) is 27.2 Å². The smallest absolute Gasteiger partial charge is 0 e. The van der Waals surface area contributed by atoms with E-state index in [9.17, 15) is 0 Å². The molecule has 0 saturated heterocycles. The molecule has 0 aliphatic rings. The predicted molar refractivity (Wildman–Crippen MR) is 42.2 cm³/mol. The SMILES string of the molecule is F.F.F.F.[B].c1ccccc1. The van der Waals surface area contributed by atoms with Crippen molar-refractivity contribution in [3.8, 4) is 0 Å². The highest BCUT2D eigenvalue weighted by Gasteiger charge is 1.57. The molecule has 65 valence electrons. The van der Waals surface area contributed by atoms with E-state index in [0.717, 1.165) is 0 Å². The molecule has 0 fully saturated rings. The quantitative estimate of drug-likeness (QED) is 0.411. The third-order valence-corrected chi connectivity index (χ3v) is 0.667. The van der Waals surface area contributed by atoms with Crippen LogP contribution in [0.5, 0.6) is 0 Å². The van der Waals surface area contributed by atoms with Gasteiger partial charge in [0.25, 0.3) is 0 Å². The highest BCUT2D eigenvalue weighted by atomic mass is 19.0. The van der Waals surface area contributed by atoms with Crippen LogP contribution in [0.2, 0.25) is 0 Å². The molecule has 0 aliphatic carbocycles. The van der Waals surface area contributed by atoms with E-state index >= 15 is 0 Å². The summed E-state index contributed by atoms with van der Waals surface area (Å²) in [5.74, 6) is 0. The fourth-order valence-electron chi connectivity index (χ4n) is 0.385. The lowest BCUT2D eigenvalue weighted by Crippen LogP contribution is -1.47. The first kappa shape index (κ1) is 32.4. The normalized spacial score (nSPS) is 4.36. The molecule has 11 heavy (non-hydrogen) atoms. The van der Waals surface area contributed by atoms with Gasteiger partial charge in [0, 0.05) is 8.41 Å². The largest absolute Gasteiger partial charge is 0.269 e. The number of rotatable bonds is 0. The number of hydrogen-bond donors (Lipinski definition) is 0. The average molecular weight is 169 g/mol. The first-order valence-corrected chi connectivity index (χ1v) is 2.00. The molecule has 0 nitrogen and oxygen atoms in total. The van der Waals surface area contributed by atoms with Gasteiger partial charge < -0.3 is 0 Å². The number of benzene rings is 1. The van der Waals surface area contributed by atoms with Gasteiger partial charge in [-0.25, -0.2) is 0 Å². The molecule has 0 N–H and O–H groups in total. The molecule has 0 spiro atoms. The van der Waals surface area contributed by atoms with Crippen LogP contribution in [0.25, 0.3) is 0 Å². The highest BCUT2D eigenvalue weighted by molar-refractivity contribution is 5.75. The molecule has 0 unspecified atom stereocenters. The Kier molecular flexibility index (Phi) is 67.8. The van der Waals surface area contributed by atoms with E-state index in [1.807, 2.05) is 36.4 Å². The second-order valence-electron chi connectivity index (χ2n) is 1.15. The van der Waals surface area contributed by atoms with Gasteiger partial charge in [0.15, 0.2) is 0 Å². The maximum atomic E-state index is 2.00. The third kappa shape index (κ3) is 17.6. The zero-order chi connectivity index (χ0) is 4.24. The summed E-state index contributed by atoms with van der Waals surface area (Å²) >= 11 is 0. The van der Waals surface area contributed by atoms with Crippen molar-refractivity contribution in [2.75, 3.05) is 0 Å². The van der Waals surface area contributed by atoms with Crippen LogP contribution >= 0.6 is 0 Å². The van der Waals surface area contributed by atoms with Crippen LogP contribution in [-0.2, 0) is 0 Å². The molecule has 1 aromatic rings. The molecule has 0 atom stereocenters. The Morgan fingerprint density at radius 2 is 0.455 bits per heavy atom. The highest BCUT2D eigenvalue weighted by Crippen LogP contribution is 1.79. The number of hydrogen-bond acceptors (Lipinski definition) is 0. The minimum atomic E-state index is 0. The second-order valence-corrected chi connectivity index (χ2v) is 1.15. The Morgan fingerprint density at radius 3 is 0.545 bits per heavy atom. The predicted octanol–water partition coefficient (Wildman–Crippen LogP) is 1.92. The summed E-state index contributed by atoms with van der Waals surface area (Å²) < 4.78 is 0. The van der Waals surface area contributed by atoms with Crippen LogP contribution < -0.4 is 0 Å². The van der Waals surface area contributed by atoms with Crippen molar-refractivity contribution in [2.24, 2.45) is 0 Å². The molecule has 3 radical (unpaired) electrons. The van der Waals surface area contributed by atoms with Gasteiger partial charge in [-0.05, 0) is 0 Å². The Morgan fingerprint density at radius 1 is 0.364 bits per heavy atom. The monoisotopic (exact) mass is 169 g/mol. The Bertz CT molecular complexity index is 86.5. The molecule has 0 amide bonds. The Labute approximate surface area is 64.7 Å². The topological polar surface area (TPSA) is 0 Å². The van der Waals surface area contributed by atoms with Gasteiger partial charge in [0.1, 0.15) is 0 Å². The van der Waals surface area contributed by atoms with Crippen molar-refractivity contribution in [1.29, 1.82) is 0 Å². The van der Waals surface area contributed by atoms with Gasteiger partial charge in [-0.15, -0.1) is 0 Å². The number of halogens is 4. The van der Waals surface area contributed by atoms with Gasteiger partial charge in [-0.1, -0.05) is 36.4 Å². The second kappa shape index (κ2) is 23.0. The Balaban J connectivity index is -0.0000000240. The van der Waals surface area contributed by atoms with Crippen molar-refractivity contribution in [2.45, 2.75) is 0 Å². The molecule has 1 aromatic carbocycles. The van der Waals surface area contributed by atoms with Gasteiger partial charge in [-0.2, -0.15) is 0 Å². The van der Waals surface area contributed by atoms with Gasteiger partial charge in [0.05, 0.1) is 0 Å². The first-order chi connectivity index (χ1) is 3.00. The lowest BCUT2D eigenvalue weighted by molar-refractivity contribution is 1.11. The summed E-state index contributed by atoms with van der Waals surface area (Å²) in [5.41, 5.74) is 0. The lowest BCUT2D eigenvalue weighted by atomic mass is 10.4. The summed E-state index contributed by atoms with van der Waals surface area (Å²) in [6.45, 7) is 0. The van der Waals surface area contributed by atoms with E-state index in [1.165, 1.54) is 0 Å². The maximum absolute atomic E-state index is 2.00. The molecule has 0 heterocycles. The summed E-state index contributed by atoms with van der Waals surface area (Å²) in [4.78, 5) is 0. The first-order valence-electron chi connectivity index (χ1n) is 2.00. The van der Waals surface area contributed by atoms with Gasteiger partial charge in [0.2, 0.25) is 0 Å². The summed E-state index contributed by atoms with van der Waals surface area (Å²) in [5, 5.41) is 0. The third-order valence-electron chi connectivity index (χ3n) is 0.667. The van der Waals surface area contributed by atoms with Crippen molar-refractivity contribution >= 4 is 8.41 Å². The van der Waals surface area contributed by atoms with Gasteiger partial charge in [-0.3, -0.25) is 18.8 Å². The Hall–Kier alpha value is -0.995. The van der Waals surface area contributed by atoms with Crippen molar-refractivity contribution in [3.63, 3.8) is 0 Å².